The minimum absolute atomic E-state index is 0.133. The van der Waals surface area contributed by atoms with Crippen molar-refractivity contribution in [3.63, 3.8) is 0 Å². The molecule has 74 valence electrons. The highest BCUT2D eigenvalue weighted by Crippen LogP contribution is 2.16. The molecule has 0 N–H and O–H groups in total. The summed E-state index contributed by atoms with van der Waals surface area (Å²) in [6.45, 7) is 5.91. The van der Waals surface area contributed by atoms with Crippen LogP contribution in [0.15, 0.2) is 0 Å². The van der Waals surface area contributed by atoms with E-state index in [1.54, 1.807) is 6.92 Å². The Morgan fingerprint density at radius 1 is 1.54 bits per heavy atom. The lowest BCUT2D eigenvalue weighted by Crippen LogP contribution is -2.48. The van der Waals surface area contributed by atoms with Gasteiger partial charge in [-0.3, -0.25) is 4.79 Å². The van der Waals surface area contributed by atoms with E-state index in [0.29, 0.717) is 6.42 Å². The van der Waals surface area contributed by atoms with Crippen molar-refractivity contribution in [1.29, 1.82) is 5.26 Å². The fraction of sp³-hybridized carbons (Fsp3) is 0.778. The minimum atomic E-state index is -1.57. The van der Waals surface area contributed by atoms with Crippen molar-refractivity contribution in [1.82, 2.24) is 4.57 Å². The zero-order valence-corrected chi connectivity index (χ0v) is 9.92. The zero-order valence-electron chi connectivity index (χ0n) is 8.92. The second-order valence-corrected chi connectivity index (χ2v) is 8.70. The van der Waals surface area contributed by atoms with Crippen LogP contribution in [0.3, 0.4) is 0 Å². The average Bonchev–Trinajstić information content (AvgIpc) is 2.03. The summed E-state index contributed by atoms with van der Waals surface area (Å²) in [4.78, 5) is 11.1. The maximum atomic E-state index is 11.1. The van der Waals surface area contributed by atoms with Crippen molar-refractivity contribution in [2.45, 2.75) is 38.9 Å². The number of nitriles is 1. The van der Waals surface area contributed by atoms with Gasteiger partial charge in [0.15, 0.2) is 8.24 Å². The Hall–Kier alpha value is -0.823. The van der Waals surface area contributed by atoms with E-state index in [4.69, 9.17) is 5.26 Å². The predicted octanol–water partition coefficient (Wildman–Crippen LogP) is 1.97. The number of carbonyl (C=O) groups is 1. The zero-order chi connectivity index (χ0) is 10.5. The van der Waals surface area contributed by atoms with E-state index in [1.165, 1.54) is 0 Å². The van der Waals surface area contributed by atoms with Crippen LogP contribution >= 0.6 is 0 Å². The number of hydrogen-bond donors (Lipinski definition) is 0. The van der Waals surface area contributed by atoms with Crippen molar-refractivity contribution in [2.24, 2.45) is 0 Å². The Labute approximate surface area is 81.4 Å². The molecule has 4 heteroatoms. The van der Waals surface area contributed by atoms with E-state index in [0.717, 1.165) is 12.5 Å². The lowest BCUT2D eigenvalue weighted by Gasteiger charge is -2.32. The van der Waals surface area contributed by atoms with Crippen molar-refractivity contribution in [2.75, 3.05) is 7.05 Å². The molecule has 0 aliphatic carbocycles. The maximum absolute atomic E-state index is 11.1. The fourth-order valence-electron chi connectivity index (χ4n) is 1.19. The summed E-state index contributed by atoms with van der Waals surface area (Å²) in [5, 5.41) is 8.40. The van der Waals surface area contributed by atoms with Gasteiger partial charge < -0.3 is 4.57 Å². The normalized spacial score (nSPS) is 10.7. The van der Waals surface area contributed by atoms with Gasteiger partial charge in [-0.25, -0.2) is 0 Å². The SMILES string of the molecule is CC(=O)N(C)[Si](C)(C)CCCC#N. The number of unbranched alkanes of at least 4 members (excludes halogenated alkanes) is 1. The first kappa shape index (κ1) is 12.2. The van der Waals surface area contributed by atoms with Crippen molar-refractivity contribution in [3.05, 3.63) is 0 Å². The van der Waals surface area contributed by atoms with Gasteiger partial charge in [-0.2, -0.15) is 5.26 Å². The highest BCUT2D eigenvalue weighted by atomic mass is 28.3. The molecule has 0 heterocycles. The fourth-order valence-corrected chi connectivity index (χ4v) is 3.42. The van der Waals surface area contributed by atoms with Crippen LogP contribution in [0.25, 0.3) is 0 Å². The summed E-state index contributed by atoms with van der Waals surface area (Å²) >= 11 is 0. The standard InChI is InChI=1S/C9H18N2OSi/c1-9(12)11(2)13(3,4)8-6-5-7-10/h5-6,8H2,1-4H3. The van der Waals surface area contributed by atoms with Gasteiger partial charge in [0.2, 0.25) is 5.91 Å². The summed E-state index contributed by atoms with van der Waals surface area (Å²) in [5.41, 5.74) is 0. The van der Waals surface area contributed by atoms with Gasteiger partial charge >= 0.3 is 0 Å². The van der Waals surface area contributed by atoms with Gasteiger partial charge in [0.05, 0.1) is 6.07 Å². The van der Waals surface area contributed by atoms with Gasteiger partial charge in [0, 0.05) is 20.4 Å². The third-order valence-electron chi connectivity index (χ3n) is 2.46. The van der Waals surface area contributed by atoms with E-state index in [-0.39, 0.29) is 5.91 Å². The Kier molecular flexibility index (Phi) is 4.71. The Morgan fingerprint density at radius 2 is 2.08 bits per heavy atom. The first-order chi connectivity index (χ1) is 5.91. The highest BCUT2D eigenvalue weighted by molar-refractivity contribution is 6.76. The molecule has 13 heavy (non-hydrogen) atoms. The summed E-state index contributed by atoms with van der Waals surface area (Å²) < 4.78 is 1.87. The van der Waals surface area contributed by atoms with Gasteiger partial charge in [0.1, 0.15) is 0 Å². The van der Waals surface area contributed by atoms with E-state index >= 15 is 0 Å². The van der Waals surface area contributed by atoms with Crippen molar-refractivity contribution >= 4 is 14.1 Å². The lowest BCUT2D eigenvalue weighted by molar-refractivity contribution is -0.124. The molecule has 0 aromatic carbocycles. The average molecular weight is 198 g/mol. The number of amides is 1. The molecule has 0 saturated carbocycles. The quantitative estimate of drug-likeness (QED) is 0.512. The van der Waals surface area contributed by atoms with Crippen LogP contribution in [0.1, 0.15) is 19.8 Å². The first-order valence-electron chi connectivity index (χ1n) is 4.53. The smallest absolute Gasteiger partial charge is 0.211 e. The molecule has 0 spiro atoms. The van der Waals surface area contributed by atoms with E-state index in [2.05, 4.69) is 19.2 Å². The topological polar surface area (TPSA) is 44.1 Å². The summed E-state index contributed by atoms with van der Waals surface area (Å²) in [6.07, 6.45) is 1.51. The van der Waals surface area contributed by atoms with Crippen molar-refractivity contribution in [3.8, 4) is 6.07 Å². The van der Waals surface area contributed by atoms with Crippen LogP contribution in [0.4, 0.5) is 0 Å². The molecule has 3 nitrogen and oxygen atoms in total. The largest absolute Gasteiger partial charge is 0.373 e. The number of nitrogens with zero attached hydrogens (tertiary/aromatic N) is 2. The Bertz CT molecular complexity index is 220. The van der Waals surface area contributed by atoms with E-state index < -0.39 is 8.24 Å². The molecule has 0 aromatic heterocycles. The van der Waals surface area contributed by atoms with Gasteiger partial charge in [0.25, 0.3) is 0 Å². The molecular formula is C9H18N2OSi. The number of hydrogen-bond acceptors (Lipinski definition) is 2. The van der Waals surface area contributed by atoms with E-state index in [9.17, 15) is 4.79 Å². The minimum Gasteiger partial charge on any atom is -0.373 e. The molecule has 0 aliphatic rings. The van der Waals surface area contributed by atoms with Gasteiger partial charge in [-0.15, -0.1) is 0 Å². The Morgan fingerprint density at radius 3 is 2.46 bits per heavy atom. The summed E-state index contributed by atoms with van der Waals surface area (Å²) in [7, 11) is 0.288. The van der Waals surface area contributed by atoms with Crippen LogP contribution in [0.2, 0.25) is 19.1 Å². The molecule has 0 fully saturated rings. The lowest BCUT2D eigenvalue weighted by atomic mass is 10.4. The number of carbonyl (C=O) groups excluding carboxylic acids is 1. The molecule has 0 unspecified atom stereocenters. The molecular weight excluding hydrogens is 180 g/mol. The molecule has 0 rings (SSSR count). The third-order valence-corrected chi connectivity index (χ3v) is 6.17. The van der Waals surface area contributed by atoms with Crippen LogP contribution < -0.4 is 0 Å². The highest BCUT2D eigenvalue weighted by Gasteiger charge is 2.27. The van der Waals surface area contributed by atoms with Gasteiger partial charge in [-0.1, -0.05) is 13.1 Å². The van der Waals surface area contributed by atoms with Crippen LogP contribution in [0.5, 0.6) is 0 Å². The molecule has 0 radical (unpaired) electrons. The number of rotatable bonds is 4. The van der Waals surface area contributed by atoms with Crippen LogP contribution in [-0.2, 0) is 4.79 Å². The molecule has 0 bridgehead atoms. The van der Waals surface area contributed by atoms with Gasteiger partial charge in [-0.05, 0) is 12.5 Å². The summed E-state index contributed by atoms with van der Waals surface area (Å²) in [5.74, 6) is 0.133. The molecule has 1 amide bonds. The molecule has 0 aromatic rings. The molecule has 0 aliphatic heterocycles. The second-order valence-electron chi connectivity index (χ2n) is 3.90. The van der Waals surface area contributed by atoms with E-state index in [1.807, 2.05) is 11.6 Å². The third kappa shape index (κ3) is 4.09. The molecule has 0 saturated heterocycles. The molecule has 0 atom stereocenters. The van der Waals surface area contributed by atoms with Crippen molar-refractivity contribution < 1.29 is 4.79 Å². The van der Waals surface area contributed by atoms with Crippen LogP contribution in [0, 0.1) is 11.3 Å². The Balaban J connectivity index is 4.07. The van der Waals surface area contributed by atoms with Crippen LogP contribution in [-0.4, -0.2) is 25.8 Å². The predicted molar refractivity (Wildman–Crippen MR) is 55.6 cm³/mol. The summed E-state index contributed by atoms with van der Waals surface area (Å²) in [6, 6.07) is 3.14. The monoisotopic (exact) mass is 198 g/mol. The second kappa shape index (κ2) is 5.03. The first-order valence-corrected chi connectivity index (χ1v) is 7.68. The maximum Gasteiger partial charge on any atom is 0.211 e.